The lowest BCUT2D eigenvalue weighted by molar-refractivity contribution is -0.139. The second kappa shape index (κ2) is 8.57. The first-order chi connectivity index (χ1) is 11.9. The van der Waals surface area contributed by atoms with Gasteiger partial charge in [-0.05, 0) is 30.7 Å². The van der Waals surface area contributed by atoms with Gasteiger partial charge in [-0.3, -0.25) is 14.4 Å². The van der Waals surface area contributed by atoms with Gasteiger partial charge in [-0.25, -0.2) is 4.39 Å². The molecule has 1 atom stereocenters. The van der Waals surface area contributed by atoms with E-state index in [0.29, 0.717) is 26.2 Å². The number of aliphatic carboxylic acids is 1. The Hall–Kier alpha value is -2.48. The van der Waals surface area contributed by atoms with Crippen molar-refractivity contribution in [1.82, 2.24) is 15.1 Å². The number of nitrogens with zero attached hydrogens (tertiary/aromatic N) is 2. The van der Waals surface area contributed by atoms with Crippen molar-refractivity contribution in [2.24, 2.45) is 0 Å². The molecule has 2 amide bonds. The van der Waals surface area contributed by atoms with Gasteiger partial charge in [-0.15, -0.1) is 0 Å². The Morgan fingerprint density at radius 3 is 2.40 bits per heavy atom. The van der Waals surface area contributed by atoms with E-state index in [1.54, 1.807) is 4.90 Å². The number of rotatable bonds is 6. The Morgan fingerprint density at radius 2 is 1.84 bits per heavy atom. The fraction of sp³-hybridized carbons (Fsp3) is 0.471. The predicted molar refractivity (Wildman–Crippen MR) is 88.6 cm³/mol. The fourth-order valence-corrected chi connectivity index (χ4v) is 2.78. The summed E-state index contributed by atoms with van der Waals surface area (Å²) in [6, 6.07) is 4.17. The highest BCUT2D eigenvalue weighted by Gasteiger charge is 2.32. The first-order valence-electron chi connectivity index (χ1n) is 8.14. The van der Waals surface area contributed by atoms with E-state index in [2.05, 4.69) is 5.32 Å². The molecular formula is C17H22FN3O4. The molecule has 1 aliphatic heterocycles. The molecule has 1 saturated heterocycles. The Bertz CT molecular complexity index is 629. The lowest BCUT2D eigenvalue weighted by atomic mass is 10.1. The Balaban J connectivity index is 2.17. The zero-order valence-electron chi connectivity index (χ0n) is 14.1. The summed E-state index contributed by atoms with van der Waals surface area (Å²) < 4.78 is 13.0. The summed E-state index contributed by atoms with van der Waals surface area (Å²) in [7, 11) is 1.47. The number of hydrogen-bond donors (Lipinski definition) is 2. The summed E-state index contributed by atoms with van der Waals surface area (Å²) in [5.74, 6) is -2.20. The summed E-state index contributed by atoms with van der Waals surface area (Å²) in [5, 5.41) is 12.1. The lowest BCUT2D eigenvalue weighted by Crippen LogP contribution is -2.54. The Morgan fingerprint density at radius 1 is 1.24 bits per heavy atom. The number of carbonyl (C=O) groups excluding carboxylic acids is 2. The molecule has 1 heterocycles. The molecule has 0 bridgehead atoms. The molecule has 2 rings (SSSR count). The summed E-state index contributed by atoms with van der Waals surface area (Å²) in [4.78, 5) is 39.2. The van der Waals surface area contributed by atoms with Crippen LogP contribution in [-0.4, -0.2) is 72.0 Å². The largest absolute Gasteiger partial charge is 0.481 e. The number of carbonyl (C=O) groups is 3. The van der Waals surface area contributed by atoms with E-state index < -0.39 is 23.7 Å². The zero-order chi connectivity index (χ0) is 18.4. The van der Waals surface area contributed by atoms with Crippen LogP contribution in [-0.2, 0) is 9.59 Å². The molecule has 7 nitrogen and oxygen atoms in total. The smallest absolute Gasteiger partial charge is 0.303 e. The Kier molecular flexibility index (Phi) is 6.46. The molecule has 0 aliphatic carbocycles. The molecule has 0 saturated carbocycles. The highest BCUT2D eigenvalue weighted by atomic mass is 19.1. The van der Waals surface area contributed by atoms with Gasteiger partial charge in [0.05, 0.1) is 0 Å². The minimum Gasteiger partial charge on any atom is -0.481 e. The maximum atomic E-state index is 13.0. The average molecular weight is 351 g/mol. The number of carboxylic acid groups (broad SMARTS) is 1. The van der Waals surface area contributed by atoms with Crippen LogP contribution in [0.3, 0.4) is 0 Å². The van der Waals surface area contributed by atoms with E-state index in [4.69, 9.17) is 5.11 Å². The van der Waals surface area contributed by atoms with Crippen LogP contribution in [0.15, 0.2) is 24.3 Å². The van der Waals surface area contributed by atoms with Crippen molar-refractivity contribution < 1.29 is 23.9 Å². The molecule has 2 N–H and O–H groups in total. The maximum absolute atomic E-state index is 13.0. The quantitative estimate of drug-likeness (QED) is 0.782. The van der Waals surface area contributed by atoms with Crippen molar-refractivity contribution in [3.8, 4) is 0 Å². The molecule has 0 aromatic heterocycles. The van der Waals surface area contributed by atoms with Crippen LogP contribution >= 0.6 is 0 Å². The van der Waals surface area contributed by atoms with Gasteiger partial charge < -0.3 is 20.2 Å². The van der Waals surface area contributed by atoms with Crippen molar-refractivity contribution in [2.75, 3.05) is 33.2 Å². The van der Waals surface area contributed by atoms with Crippen molar-refractivity contribution in [2.45, 2.75) is 18.9 Å². The van der Waals surface area contributed by atoms with Gasteiger partial charge >= 0.3 is 5.97 Å². The van der Waals surface area contributed by atoms with Gasteiger partial charge in [0.25, 0.3) is 5.91 Å². The number of amides is 2. The Labute approximate surface area is 145 Å². The normalized spacial score (nSPS) is 15.5. The van der Waals surface area contributed by atoms with E-state index in [9.17, 15) is 18.8 Å². The standard InChI is InChI=1S/C17H22FN3O4/c1-20(16(24)12-2-4-13(18)5-3-12)14(6-7-15(22)23)17(25)21-10-8-19-9-11-21/h2-5,14,19H,6-11H2,1H3,(H,22,23)/t14-/m0/s1. The monoisotopic (exact) mass is 351 g/mol. The molecule has 136 valence electrons. The van der Waals surface area contributed by atoms with Crippen LogP contribution in [0, 0.1) is 5.82 Å². The van der Waals surface area contributed by atoms with E-state index in [1.165, 1.54) is 36.2 Å². The predicted octanol–water partition coefficient (Wildman–Crippen LogP) is 0.563. The van der Waals surface area contributed by atoms with Gasteiger partial charge in [0, 0.05) is 45.2 Å². The topological polar surface area (TPSA) is 90.0 Å². The summed E-state index contributed by atoms with van der Waals surface area (Å²) in [5.41, 5.74) is 0.248. The zero-order valence-corrected chi connectivity index (χ0v) is 14.1. The summed E-state index contributed by atoms with van der Waals surface area (Å²) in [6.45, 7) is 2.35. The van der Waals surface area contributed by atoms with Gasteiger partial charge in [0.15, 0.2) is 0 Å². The molecular weight excluding hydrogens is 329 g/mol. The molecule has 1 aromatic rings. The lowest BCUT2D eigenvalue weighted by Gasteiger charge is -2.34. The third-order valence-corrected chi connectivity index (χ3v) is 4.22. The van der Waals surface area contributed by atoms with Crippen molar-refractivity contribution >= 4 is 17.8 Å². The van der Waals surface area contributed by atoms with Gasteiger partial charge in [0.1, 0.15) is 11.9 Å². The number of nitrogens with one attached hydrogen (secondary N) is 1. The van der Waals surface area contributed by atoms with Crippen molar-refractivity contribution in [3.63, 3.8) is 0 Å². The average Bonchev–Trinajstić information content (AvgIpc) is 2.62. The molecule has 1 aliphatic rings. The minimum atomic E-state index is -1.03. The van der Waals surface area contributed by atoms with Crippen LogP contribution in [0.5, 0.6) is 0 Å². The van der Waals surface area contributed by atoms with Crippen LogP contribution in [0.1, 0.15) is 23.2 Å². The first-order valence-corrected chi connectivity index (χ1v) is 8.14. The number of likely N-dealkylation sites (N-methyl/N-ethyl adjacent to an activating group) is 1. The molecule has 0 spiro atoms. The van der Waals surface area contributed by atoms with E-state index in [0.717, 1.165) is 0 Å². The van der Waals surface area contributed by atoms with E-state index in [-0.39, 0.29) is 24.3 Å². The van der Waals surface area contributed by atoms with Crippen molar-refractivity contribution in [3.05, 3.63) is 35.6 Å². The van der Waals surface area contributed by atoms with Crippen LogP contribution < -0.4 is 5.32 Å². The fourth-order valence-electron chi connectivity index (χ4n) is 2.78. The van der Waals surface area contributed by atoms with E-state index >= 15 is 0 Å². The highest BCUT2D eigenvalue weighted by molar-refractivity contribution is 5.97. The van der Waals surface area contributed by atoms with Crippen LogP contribution in [0.4, 0.5) is 4.39 Å². The number of piperazine rings is 1. The van der Waals surface area contributed by atoms with E-state index in [1.807, 2.05) is 0 Å². The third kappa shape index (κ3) is 4.99. The second-order valence-corrected chi connectivity index (χ2v) is 5.95. The first kappa shape index (κ1) is 18.9. The highest BCUT2D eigenvalue weighted by Crippen LogP contribution is 2.15. The molecule has 8 heteroatoms. The van der Waals surface area contributed by atoms with Gasteiger partial charge in [-0.2, -0.15) is 0 Å². The summed E-state index contributed by atoms with van der Waals surface area (Å²) >= 11 is 0. The molecule has 0 unspecified atom stereocenters. The SMILES string of the molecule is CN(C(=O)c1ccc(F)cc1)[C@@H](CCC(=O)O)C(=O)N1CCNCC1. The third-order valence-electron chi connectivity index (χ3n) is 4.22. The minimum absolute atomic E-state index is 0.0293. The molecule has 25 heavy (non-hydrogen) atoms. The molecule has 1 fully saturated rings. The van der Waals surface area contributed by atoms with Gasteiger partial charge in [-0.1, -0.05) is 0 Å². The number of hydrogen-bond acceptors (Lipinski definition) is 4. The van der Waals surface area contributed by atoms with Crippen molar-refractivity contribution in [1.29, 1.82) is 0 Å². The molecule has 1 aromatic carbocycles. The van der Waals surface area contributed by atoms with Crippen LogP contribution in [0.2, 0.25) is 0 Å². The number of benzene rings is 1. The van der Waals surface area contributed by atoms with Crippen LogP contribution in [0.25, 0.3) is 0 Å². The molecule has 0 radical (unpaired) electrons. The number of carboxylic acids is 1. The maximum Gasteiger partial charge on any atom is 0.303 e. The number of halogens is 1. The van der Waals surface area contributed by atoms with Gasteiger partial charge in [0.2, 0.25) is 5.91 Å². The summed E-state index contributed by atoms with van der Waals surface area (Å²) in [6.07, 6.45) is -0.189. The second-order valence-electron chi connectivity index (χ2n) is 5.95.